The van der Waals surface area contributed by atoms with Crippen LogP contribution in [0.15, 0.2) is 66.7 Å². The Labute approximate surface area is 135 Å². The van der Waals surface area contributed by atoms with E-state index in [1.165, 1.54) is 32.0 Å². The minimum atomic E-state index is 0. The molecule has 0 bridgehead atoms. The average molecular weight is 366 g/mol. The Morgan fingerprint density at radius 2 is 1.40 bits per heavy atom. The van der Waals surface area contributed by atoms with E-state index in [0.29, 0.717) is 0 Å². The third-order valence-electron chi connectivity index (χ3n) is 3.48. The predicted molar refractivity (Wildman–Crippen MR) is 83.6 cm³/mol. The van der Waals surface area contributed by atoms with Crippen molar-refractivity contribution < 1.29 is 20.4 Å². The molecule has 1 aromatic heterocycles. The van der Waals surface area contributed by atoms with Crippen LogP contribution in [0.2, 0.25) is 0 Å². The fourth-order valence-electron chi connectivity index (χ4n) is 2.57. The molecule has 0 aliphatic carbocycles. The molecule has 0 saturated heterocycles. The Hall–Kier alpha value is -1.46. The Morgan fingerprint density at radius 1 is 0.700 bits per heavy atom. The molecule has 1 heterocycles. The molecule has 0 radical (unpaired) electrons. The fourth-order valence-corrected chi connectivity index (χ4v) is 3.43. The van der Waals surface area contributed by atoms with Gasteiger partial charge in [0, 0.05) is 20.4 Å². The van der Waals surface area contributed by atoms with Gasteiger partial charge in [-0.15, -0.1) is 17.0 Å². The molecule has 0 nitrogen and oxygen atoms in total. The molecule has 20 heavy (non-hydrogen) atoms. The summed E-state index contributed by atoms with van der Waals surface area (Å²) >= 11 is 1.69. The van der Waals surface area contributed by atoms with Crippen molar-refractivity contribution in [3.8, 4) is 11.1 Å². The second-order valence-electron chi connectivity index (χ2n) is 4.60. The first-order chi connectivity index (χ1) is 9.43. The van der Waals surface area contributed by atoms with Gasteiger partial charge in [-0.05, 0) is 5.39 Å². The van der Waals surface area contributed by atoms with Crippen molar-refractivity contribution in [1.29, 1.82) is 0 Å². The molecule has 100 valence electrons. The Kier molecular flexibility index (Phi) is 3.72. The molecular weight excluding hydrogens is 355 g/mol. The predicted octanol–water partition coefficient (Wildman–Crippen LogP) is 5.52. The minimum absolute atomic E-state index is 0. The monoisotopic (exact) mass is 365 g/mol. The summed E-state index contributed by atoms with van der Waals surface area (Å²) < 4.78 is 1.30. The molecule has 4 rings (SSSR count). The van der Waals surface area contributed by atoms with Crippen molar-refractivity contribution in [3.05, 3.63) is 72.1 Å². The normalized spacial score (nSPS) is 10.6. The van der Waals surface area contributed by atoms with Crippen LogP contribution in [0, 0.1) is 5.38 Å². The fraction of sp³-hybridized carbons (Fsp3) is 0. The summed E-state index contributed by atoms with van der Waals surface area (Å²) in [5, 5.41) is 7.34. The van der Waals surface area contributed by atoms with Crippen LogP contribution in [0.1, 0.15) is 0 Å². The Bertz CT molecular complexity index is 871. The average Bonchev–Trinajstić information content (AvgIpc) is 2.90. The van der Waals surface area contributed by atoms with E-state index in [-0.39, 0.29) is 20.4 Å². The topological polar surface area (TPSA) is 0 Å². The van der Waals surface area contributed by atoms with E-state index in [4.69, 9.17) is 0 Å². The van der Waals surface area contributed by atoms with Gasteiger partial charge in [0.05, 0.1) is 0 Å². The third kappa shape index (κ3) is 2.11. The second kappa shape index (κ2) is 5.50. The number of hydrogen-bond acceptors (Lipinski definition) is 1. The van der Waals surface area contributed by atoms with Gasteiger partial charge in [0.15, 0.2) is 0 Å². The van der Waals surface area contributed by atoms with Crippen molar-refractivity contribution in [1.82, 2.24) is 0 Å². The van der Waals surface area contributed by atoms with Gasteiger partial charge in [-0.25, -0.2) is 0 Å². The van der Waals surface area contributed by atoms with Crippen molar-refractivity contribution in [2.24, 2.45) is 0 Å². The third-order valence-corrected chi connectivity index (χ3v) is 4.36. The maximum absolute atomic E-state index is 3.46. The van der Waals surface area contributed by atoms with Crippen molar-refractivity contribution in [3.63, 3.8) is 0 Å². The van der Waals surface area contributed by atoms with Gasteiger partial charge in [-0.1, -0.05) is 81.7 Å². The first-order valence-electron chi connectivity index (χ1n) is 6.31. The first-order valence-corrected chi connectivity index (χ1v) is 7.12. The maximum atomic E-state index is 3.46. The SMILES string of the molecule is [Pd].[c-]1sc2ccccc2c1-c1cccc2ccccc12. The summed E-state index contributed by atoms with van der Waals surface area (Å²) in [7, 11) is 0. The summed E-state index contributed by atoms with van der Waals surface area (Å²) in [5.41, 5.74) is 2.49. The molecule has 0 amide bonds. The van der Waals surface area contributed by atoms with Crippen molar-refractivity contribution in [2.75, 3.05) is 0 Å². The van der Waals surface area contributed by atoms with Gasteiger partial charge in [-0.2, -0.15) is 0 Å². The van der Waals surface area contributed by atoms with Crippen molar-refractivity contribution >= 4 is 32.2 Å². The zero-order valence-electron chi connectivity index (χ0n) is 10.6. The summed E-state index contributed by atoms with van der Waals surface area (Å²) in [6, 6.07) is 23.5. The van der Waals surface area contributed by atoms with Crippen LogP contribution in [-0.2, 0) is 20.4 Å². The van der Waals surface area contributed by atoms with E-state index < -0.39 is 0 Å². The maximum Gasteiger partial charge on any atom is 0 e. The standard InChI is InChI=1S/C18H11S.Pd/c1-2-8-14-13(6-1)7-5-10-15(14)17-12-19-18-11-4-3-9-16(17)18;/h1-11H;/q-1;. The van der Waals surface area contributed by atoms with Gasteiger partial charge in [-0.3, -0.25) is 11.3 Å². The largest absolute Gasteiger partial charge is 0.256 e. The molecule has 0 spiro atoms. The molecular formula is C18H11PdS-. The van der Waals surface area contributed by atoms with Gasteiger partial charge < -0.3 is 0 Å². The number of hydrogen-bond donors (Lipinski definition) is 0. The van der Waals surface area contributed by atoms with Crippen LogP contribution < -0.4 is 0 Å². The van der Waals surface area contributed by atoms with Crippen LogP contribution in [-0.4, -0.2) is 0 Å². The molecule has 0 atom stereocenters. The van der Waals surface area contributed by atoms with Gasteiger partial charge >= 0.3 is 0 Å². The quantitative estimate of drug-likeness (QED) is 0.308. The molecule has 0 aliphatic rings. The molecule has 0 unspecified atom stereocenters. The minimum Gasteiger partial charge on any atom is -0.256 e. The summed E-state index contributed by atoms with van der Waals surface area (Å²) in [6.07, 6.45) is 0. The van der Waals surface area contributed by atoms with Crippen molar-refractivity contribution in [2.45, 2.75) is 0 Å². The van der Waals surface area contributed by atoms with Gasteiger partial charge in [0.25, 0.3) is 0 Å². The van der Waals surface area contributed by atoms with Crippen LogP contribution in [0.3, 0.4) is 0 Å². The van der Waals surface area contributed by atoms with E-state index in [1.54, 1.807) is 11.3 Å². The second-order valence-corrected chi connectivity index (χ2v) is 5.45. The van der Waals surface area contributed by atoms with Crippen LogP contribution in [0.5, 0.6) is 0 Å². The van der Waals surface area contributed by atoms with Crippen LogP contribution >= 0.6 is 11.3 Å². The number of rotatable bonds is 1. The first kappa shape index (κ1) is 13.5. The van der Waals surface area contributed by atoms with Crippen LogP contribution in [0.25, 0.3) is 32.0 Å². The smallest absolute Gasteiger partial charge is 0 e. The zero-order valence-corrected chi connectivity index (χ0v) is 12.9. The zero-order chi connectivity index (χ0) is 12.7. The number of fused-ring (bicyclic) bond motifs is 2. The van der Waals surface area contributed by atoms with Gasteiger partial charge in [0.2, 0.25) is 0 Å². The molecule has 0 N–H and O–H groups in total. The molecule has 2 heteroatoms. The number of benzene rings is 3. The van der Waals surface area contributed by atoms with E-state index in [2.05, 4.69) is 72.1 Å². The Morgan fingerprint density at radius 3 is 2.30 bits per heavy atom. The molecule has 0 saturated carbocycles. The van der Waals surface area contributed by atoms with E-state index >= 15 is 0 Å². The molecule has 0 fully saturated rings. The number of thiophene rings is 1. The van der Waals surface area contributed by atoms with E-state index in [9.17, 15) is 0 Å². The summed E-state index contributed by atoms with van der Waals surface area (Å²) in [4.78, 5) is 0. The van der Waals surface area contributed by atoms with E-state index in [0.717, 1.165) is 0 Å². The van der Waals surface area contributed by atoms with Crippen LogP contribution in [0.4, 0.5) is 0 Å². The van der Waals surface area contributed by atoms with E-state index in [1.807, 2.05) is 0 Å². The Balaban J connectivity index is 0.00000121. The summed E-state index contributed by atoms with van der Waals surface area (Å²) in [5.74, 6) is 0. The van der Waals surface area contributed by atoms with Gasteiger partial charge in [0.1, 0.15) is 0 Å². The molecule has 0 aliphatic heterocycles. The summed E-state index contributed by atoms with van der Waals surface area (Å²) in [6.45, 7) is 0. The molecule has 3 aromatic carbocycles. The molecule has 4 aromatic rings.